The van der Waals surface area contributed by atoms with Crippen molar-refractivity contribution in [3.05, 3.63) is 33.8 Å². The summed E-state index contributed by atoms with van der Waals surface area (Å²) in [5, 5.41) is 1.14. The minimum atomic E-state index is 0.285. The largest absolute Gasteiger partial charge is 0.374 e. The minimum absolute atomic E-state index is 0.285. The number of hydrogen-bond donors (Lipinski definition) is 0. The summed E-state index contributed by atoms with van der Waals surface area (Å²) in [5.74, 6) is 0. The highest BCUT2D eigenvalue weighted by atomic mass is 35.5. The average molecular weight is 233 g/mol. The first-order chi connectivity index (χ1) is 6.77. The molecule has 1 aliphatic rings. The zero-order valence-electron chi connectivity index (χ0n) is 7.50. The maximum atomic E-state index is 5.98. The predicted molar refractivity (Wildman–Crippen MR) is 55.9 cm³/mol. The summed E-state index contributed by atoms with van der Waals surface area (Å²) < 4.78 is 10.4. The van der Waals surface area contributed by atoms with Crippen molar-refractivity contribution in [1.29, 1.82) is 0 Å². The SMILES string of the molecule is Clc1cccc(COC[C@H]2CO2)c1Cl. The lowest BCUT2D eigenvalue weighted by molar-refractivity contribution is 0.104. The molecule has 0 aromatic heterocycles. The van der Waals surface area contributed by atoms with Gasteiger partial charge < -0.3 is 9.47 Å². The standard InChI is InChI=1S/C10H10Cl2O2/c11-9-3-1-2-7(10(9)12)4-13-5-8-6-14-8/h1-3,8H,4-6H2/t8-/m0/s1. The highest BCUT2D eigenvalue weighted by Crippen LogP contribution is 2.26. The number of rotatable bonds is 4. The van der Waals surface area contributed by atoms with Gasteiger partial charge in [-0.3, -0.25) is 0 Å². The van der Waals surface area contributed by atoms with Gasteiger partial charge in [0.25, 0.3) is 0 Å². The Hall–Kier alpha value is -0.280. The molecule has 0 aliphatic carbocycles. The monoisotopic (exact) mass is 232 g/mol. The third-order valence-corrected chi connectivity index (χ3v) is 2.85. The van der Waals surface area contributed by atoms with Gasteiger partial charge in [-0.05, 0) is 11.6 Å². The topological polar surface area (TPSA) is 21.8 Å². The molecular weight excluding hydrogens is 223 g/mol. The lowest BCUT2D eigenvalue weighted by Crippen LogP contribution is -2.01. The summed E-state index contributed by atoms with van der Waals surface area (Å²) >= 11 is 11.8. The normalized spacial score (nSPS) is 19.7. The van der Waals surface area contributed by atoms with E-state index in [4.69, 9.17) is 32.7 Å². The number of hydrogen-bond acceptors (Lipinski definition) is 2. The van der Waals surface area contributed by atoms with Gasteiger partial charge in [0, 0.05) is 0 Å². The smallest absolute Gasteiger partial charge is 0.104 e. The zero-order chi connectivity index (χ0) is 9.97. The van der Waals surface area contributed by atoms with Gasteiger partial charge >= 0.3 is 0 Å². The molecule has 0 radical (unpaired) electrons. The Morgan fingerprint density at radius 1 is 1.43 bits per heavy atom. The Morgan fingerprint density at radius 3 is 2.93 bits per heavy atom. The lowest BCUT2D eigenvalue weighted by Gasteiger charge is -2.05. The van der Waals surface area contributed by atoms with Gasteiger partial charge in [0.15, 0.2) is 0 Å². The molecule has 2 rings (SSSR count). The fraction of sp³-hybridized carbons (Fsp3) is 0.400. The van der Waals surface area contributed by atoms with E-state index in [1.165, 1.54) is 0 Å². The molecule has 1 aromatic carbocycles. The van der Waals surface area contributed by atoms with E-state index in [0.29, 0.717) is 23.3 Å². The van der Waals surface area contributed by atoms with Crippen LogP contribution >= 0.6 is 23.2 Å². The number of halogens is 2. The summed E-state index contributed by atoms with van der Waals surface area (Å²) in [5.41, 5.74) is 0.916. The Balaban J connectivity index is 1.90. The second-order valence-corrected chi connectivity index (χ2v) is 3.97. The van der Waals surface area contributed by atoms with Crippen LogP contribution in [0.25, 0.3) is 0 Å². The molecule has 76 valence electrons. The highest BCUT2D eigenvalue weighted by Gasteiger charge is 2.22. The van der Waals surface area contributed by atoms with Gasteiger partial charge in [-0.25, -0.2) is 0 Å². The van der Waals surface area contributed by atoms with Gasteiger partial charge in [0.05, 0.1) is 29.9 Å². The van der Waals surface area contributed by atoms with Crippen LogP contribution in [0.5, 0.6) is 0 Å². The first kappa shape index (κ1) is 10.2. The van der Waals surface area contributed by atoms with Crippen LogP contribution < -0.4 is 0 Å². The van der Waals surface area contributed by atoms with E-state index in [2.05, 4.69) is 0 Å². The molecule has 1 saturated heterocycles. The van der Waals surface area contributed by atoms with E-state index in [1.54, 1.807) is 6.07 Å². The van der Waals surface area contributed by atoms with Crippen molar-refractivity contribution in [1.82, 2.24) is 0 Å². The lowest BCUT2D eigenvalue weighted by atomic mass is 10.2. The summed E-state index contributed by atoms with van der Waals surface area (Å²) in [6, 6.07) is 5.53. The van der Waals surface area contributed by atoms with Crippen molar-refractivity contribution in [2.45, 2.75) is 12.7 Å². The summed E-state index contributed by atoms with van der Waals surface area (Å²) in [7, 11) is 0. The maximum absolute atomic E-state index is 5.98. The Kier molecular flexibility index (Phi) is 3.29. The summed E-state index contributed by atoms with van der Waals surface area (Å²) in [6.07, 6.45) is 0.285. The molecule has 0 amide bonds. The van der Waals surface area contributed by atoms with E-state index >= 15 is 0 Å². The van der Waals surface area contributed by atoms with Crippen molar-refractivity contribution >= 4 is 23.2 Å². The predicted octanol–water partition coefficient (Wildman–Crippen LogP) is 2.91. The molecule has 0 unspecified atom stereocenters. The molecule has 1 aromatic rings. The molecule has 4 heteroatoms. The average Bonchev–Trinajstić information content (AvgIpc) is 2.96. The van der Waals surface area contributed by atoms with Gasteiger partial charge in [-0.2, -0.15) is 0 Å². The molecular formula is C10H10Cl2O2. The molecule has 2 nitrogen and oxygen atoms in total. The first-order valence-electron chi connectivity index (χ1n) is 4.39. The molecule has 0 spiro atoms. The Labute approximate surface area is 92.7 Å². The molecule has 1 atom stereocenters. The number of epoxide rings is 1. The number of benzene rings is 1. The second kappa shape index (κ2) is 4.49. The van der Waals surface area contributed by atoms with Gasteiger partial charge in [-0.15, -0.1) is 0 Å². The van der Waals surface area contributed by atoms with Crippen LogP contribution in [0.3, 0.4) is 0 Å². The van der Waals surface area contributed by atoms with Crippen molar-refractivity contribution in [3.8, 4) is 0 Å². The molecule has 0 saturated carbocycles. The maximum Gasteiger partial charge on any atom is 0.104 e. The fourth-order valence-corrected chi connectivity index (χ4v) is 1.50. The summed E-state index contributed by atoms with van der Waals surface area (Å²) in [4.78, 5) is 0. The number of ether oxygens (including phenoxy) is 2. The minimum Gasteiger partial charge on any atom is -0.374 e. The quantitative estimate of drug-likeness (QED) is 0.746. The van der Waals surface area contributed by atoms with Crippen LogP contribution in [-0.2, 0) is 16.1 Å². The third kappa shape index (κ3) is 2.61. The molecule has 1 aliphatic heterocycles. The van der Waals surface area contributed by atoms with Gasteiger partial charge in [0.1, 0.15) is 6.10 Å². The first-order valence-corrected chi connectivity index (χ1v) is 5.15. The molecule has 0 bridgehead atoms. The van der Waals surface area contributed by atoms with Crippen LogP contribution in [0.2, 0.25) is 10.0 Å². The van der Waals surface area contributed by atoms with E-state index in [0.717, 1.165) is 12.2 Å². The van der Waals surface area contributed by atoms with Crippen molar-refractivity contribution in [2.24, 2.45) is 0 Å². The van der Waals surface area contributed by atoms with Crippen LogP contribution in [0.15, 0.2) is 18.2 Å². The molecule has 14 heavy (non-hydrogen) atoms. The van der Waals surface area contributed by atoms with E-state index in [9.17, 15) is 0 Å². The third-order valence-electron chi connectivity index (χ3n) is 2.00. The van der Waals surface area contributed by atoms with Crippen molar-refractivity contribution in [2.75, 3.05) is 13.2 Å². The Morgan fingerprint density at radius 2 is 2.21 bits per heavy atom. The van der Waals surface area contributed by atoms with E-state index in [1.807, 2.05) is 12.1 Å². The highest BCUT2D eigenvalue weighted by molar-refractivity contribution is 6.42. The fourth-order valence-electron chi connectivity index (χ4n) is 1.12. The molecule has 1 heterocycles. The Bertz CT molecular complexity index is 324. The molecule has 1 fully saturated rings. The summed E-state index contributed by atoms with van der Waals surface area (Å²) in [6.45, 7) is 1.92. The van der Waals surface area contributed by atoms with Crippen LogP contribution in [0.4, 0.5) is 0 Å². The van der Waals surface area contributed by atoms with E-state index in [-0.39, 0.29) is 6.10 Å². The van der Waals surface area contributed by atoms with E-state index < -0.39 is 0 Å². The van der Waals surface area contributed by atoms with Crippen LogP contribution in [0, 0.1) is 0 Å². The van der Waals surface area contributed by atoms with Gasteiger partial charge in [-0.1, -0.05) is 35.3 Å². The van der Waals surface area contributed by atoms with Crippen molar-refractivity contribution in [3.63, 3.8) is 0 Å². The van der Waals surface area contributed by atoms with Crippen LogP contribution in [-0.4, -0.2) is 19.3 Å². The zero-order valence-corrected chi connectivity index (χ0v) is 9.02. The van der Waals surface area contributed by atoms with Crippen molar-refractivity contribution < 1.29 is 9.47 Å². The van der Waals surface area contributed by atoms with Gasteiger partial charge in [0.2, 0.25) is 0 Å². The van der Waals surface area contributed by atoms with Crippen LogP contribution in [0.1, 0.15) is 5.56 Å². The second-order valence-electron chi connectivity index (χ2n) is 3.18. The molecule has 0 N–H and O–H groups in total.